The van der Waals surface area contributed by atoms with Gasteiger partial charge in [-0.2, -0.15) is 0 Å². The minimum absolute atomic E-state index is 0.0848. The highest BCUT2D eigenvalue weighted by atomic mass is 35.5. The van der Waals surface area contributed by atoms with E-state index >= 15 is 0 Å². The van der Waals surface area contributed by atoms with Gasteiger partial charge in [-0.05, 0) is 25.1 Å². The van der Waals surface area contributed by atoms with E-state index in [9.17, 15) is 4.39 Å². The lowest BCUT2D eigenvalue weighted by molar-refractivity contribution is 0.482. The number of nitrogens with one attached hydrogen (secondary N) is 1. The highest BCUT2D eigenvalue weighted by molar-refractivity contribution is 6.31. The topological polar surface area (TPSA) is 38.1 Å². The van der Waals surface area contributed by atoms with Crippen LogP contribution >= 0.6 is 11.6 Å². The second-order valence-electron chi connectivity index (χ2n) is 4.93. The molecule has 0 spiro atoms. The van der Waals surface area contributed by atoms with Crippen molar-refractivity contribution >= 4 is 11.6 Å². The lowest BCUT2D eigenvalue weighted by atomic mass is 10.2. The first-order valence-electron chi connectivity index (χ1n) is 6.70. The molecule has 0 atom stereocenters. The molecule has 3 nitrogen and oxygen atoms in total. The lowest BCUT2D eigenvalue weighted by Crippen LogP contribution is -2.23. The van der Waals surface area contributed by atoms with Crippen LogP contribution in [0.25, 0.3) is 11.3 Å². The predicted octanol–water partition coefficient (Wildman–Crippen LogP) is 4.06. The van der Waals surface area contributed by atoms with Gasteiger partial charge in [-0.1, -0.05) is 31.5 Å². The van der Waals surface area contributed by atoms with E-state index in [1.807, 2.05) is 0 Å². The monoisotopic (exact) mass is 296 g/mol. The van der Waals surface area contributed by atoms with E-state index in [0.717, 1.165) is 19.4 Å². The first kappa shape index (κ1) is 15.0. The number of hydrogen-bond acceptors (Lipinski definition) is 3. The van der Waals surface area contributed by atoms with Crippen molar-refractivity contribution in [3.63, 3.8) is 0 Å². The molecule has 20 heavy (non-hydrogen) atoms. The van der Waals surface area contributed by atoms with Crippen LogP contribution in [0.2, 0.25) is 5.02 Å². The van der Waals surface area contributed by atoms with E-state index in [4.69, 9.17) is 16.0 Å². The quantitative estimate of drug-likeness (QED) is 0.817. The zero-order chi connectivity index (χ0) is 14.5. The Balaban J connectivity index is 2.00. The second kappa shape index (κ2) is 6.86. The highest BCUT2D eigenvalue weighted by Gasteiger charge is 2.13. The van der Waals surface area contributed by atoms with Crippen molar-refractivity contribution in [1.82, 2.24) is 10.3 Å². The molecule has 1 aromatic carbocycles. The van der Waals surface area contributed by atoms with Crippen LogP contribution in [0.15, 0.2) is 28.8 Å². The molecule has 0 bridgehead atoms. The van der Waals surface area contributed by atoms with Crippen molar-refractivity contribution < 1.29 is 8.81 Å². The van der Waals surface area contributed by atoms with Gasteiger partial charge in [-0.15, -0.1) is 0 Å². The largest absolute Gasteiger partial charge is 0.441 e. The van der Waals surface area contributed by atoms with Crippen LogP contribution in [0.5, 0.6) is 0 Å². The van der Waals surface area contributed by atoms with Crippen LogP contribution in [-0.2, 0) is 6.42 Å². The first-order valence-corrected chi connectivity index (χ1v) is 7.08. The molecule has 0 fully saturated rings. The van der Waals surface area contributed by atoms with Gasteiger partial charge in [0.15, 0.2) is 17.5 Å². The van der Waals surface area contributed by atoms with Crippen molar-refractivity contribution in [2.45, 2.75) is 32.7 Å². The van der Waals surface area contributed by atoms with Crippen LogP contribution in [0.4, 0.5) is 4.39 Å². The Hall–Kier alpha value is -1.39. The van der Waals surface area contributed by atoms with Gasteiger partial charge in [0.25, 0.3) is 0 Å². The summed E-state index contributed by atoms with van der Waals surface area (Å²) in [5.41, 5.74) is 0.344. The number of halogens is 2. The molecule has 2 rings (SSSR count). The maximum absolute atomic E-state index is 13.9. The Bertz CT molecular complexity index is 569. The number of aromatic nitrogens is 1. The van der Waals surface area contributed by atoms with Crippen LogP contribution < -0.4 is 5.32 Å². The van der Waals surface area contributed by atoms with E-state index in [-0.39, 0.29) is 5.02 Å². The maximum atomic E-state index is 13.9. The molecule has 5 heteroatoms. The summed E-state index contributed by atoms with van der Waals surface area (Å²) < 4.78 is 19.4. The highest BCUT2D eigenvalue weighted by Crippen LogP contribution is 2.28. The van der Waals surface area contributed by atoms with Gasteiger partial charge >= 0.3 is 0 Å². The van der Waals surface area contributed by atoms with E-state index in [1.54, 1.807) is 18.3 Å². The van der Waals surface area contributed by atoms with E-state index in [0.29, 0.717) is 23.3 Å². The van der Waals surface area contributed by atoms with Gasteiger partial charge in [-0.25, -0.2) is 9.37 Å². The molecule has 0 unspecified atom stereocenters. The number of hydrogen-bond donors (Lipinski definition) is 1. The van der Waals surface area contributed by atoms with Gasteiger partial charge in [0, 0.05) is 12.5 Å². The summed E-state index contributed by atoms with van der Waals surface area (Å²) in [6, 6.07) is 5.30. The maximum Gasteiger partial charge on any atom is 0.194 e. The molecule has 0 aliphatic heterocycles. The Kier molecular flexibility index (Phi) is 5.15. The number of benzene rings is 1. The summed E-state index contributed by atoms with van der Waals surface area (Å²) in [6.07, 6.45) is 3.19. The Morgan fingerprint density at radius 1 is 1.40 bits per heavy atom. The van der Waals surface area contributed by atoms with Gasteiger partial charge in [0.05, 0.1) is 16.8 Å². The molecule has 0 amide bonds. The minimum atomic E-state index is -0.474. The summed E-state index contributed by atoms with van der Waals surface area (Å²) in [5, 5.41) is 3.41. The van der Waals surface area contributed by atoms with E-state index in [1.165, 1.54) is 6.07 Å². The standard InChI is InChI=1S/C15H18ClFN2O/c1-10(2)18-8-4-7-14-19-9-13(20-14)11-5-3-6-12(16)15(11)17/h3,5-6,9-10,18H,4,7-8H2,1-2H3. The molecule has 0 aliphatic carbocycles. The summed E-state index contributed by atoms with van der Waals surface area (Å²) in [5.74, 6) is 0.556. The van der Waals surface area contributed by atoms with E-state index in [2.05, 4.69) is 24.1 Å². The van der Waals surface area contributed by atoms with Crippen LogP contribution in [0, 0.1) is 5.82 Å². The molecule has 1 heterocycles. The molecule has 0 saturated carbocycles. The number of oxazole rings is 1. The van der Waals surface area contributed by atoms with Gasteiger partial charge in [0.1, 0.15) is 0 Å². The SMILES string of the molecule is CC(C)NCCCc1ncc(-c2cccc(Cl)c2F)o1. The zero-order valence-electron chi connectivity index (χ0n) is 11.6. The minimum Gasteiger partial charge on any atom is -0.441 e. The Morgan fingerprint density at radius 2 is 2.20 bits per heavy atom. The van der Waals surface area contributed by atoms with E-state index < -0.39 is 5.82 Å². The molecular weight excluding hydrogens is 279 g/mol. The average Bonchev–Trinajstić information content (AvgIpc) is 2.86. The third-order valence-corrected chi connectivity index (χ3v) is 3.18. The van der Waals surface area contributed by atoms with Crippen LogP contribution in [-0.4, -0.2) is 17.6 Å². The third-order valence-electron chi connectivity index (χ3n) is 2.89. The summed E-state index contributed by atoms with van der Waals surface area (Å²) >= 11 is 5.76. The molecule has 0 saturated heterocycles. The molecule has 0 radical (unpaired) electrons. The third kappa shape index (κ3) is 3.81. The average molecular weight is 297 g/mol. The molecule has 2 aromatic rings. The fraction of sp³-hybridized carbons (Fsp3) is 0.400. The van der Waals surface area contributed by atoms with Crippen molar-refractivity contribution in [1.29, 1.82) is 0 Å². The molecular formula is C15H18ClFN2O. The first-order chi connectivity index (χ1) is 9.58. The van der Waals surface area contributed by atoms with Crippen molar-refractivity contribution in [3.8, 4) is 11.3 Å². The zero-order valence-corrected chi connectivity index (χ0v) is 12.4. The van der Waals surface area contributed by atoms with Crippen molar-refractivity contribution in [3.05, 3.63) is 41.1 Å². The summed E-state index contributed by atoms with van der Waals surface area (Å²) in [6.45, 7) is 5.11. The number of aryl methyl sites for hydroxylation is 1. The Morgan fingerprint density at radius 3 is 2.95 bits per heavy atom. The fourth-order valence-electron chi connectivity index (χ4n) is 1.87. The second-order valence-corrected chi connectivity index (χ2v) is 5.34. The fourth-order valence-corrected chi connectivity index (χ4v) is 2.05. The van der Waals surface area contributed by atoms with Crippen LogP contribution in [0.3, 0.4) is 0 Å². The number of nitrogens with zero attached hydrogens (tertiary/aromatic N) is 1. The van der Waals surface area contributed by atoms with Gasteiger partial charge in [0.2, 0.25) is 0 Å². The smallest absolute Gasteiger partial charge is 0.194 e. The van der Waals surface area contributed by atoms with Crippen LogP contribution in [0.1, 0.15) is 26.2 Å². The molecule has 1 N–H and O–H groups in total. The normalized spacial score (nSPS) is 11.2. The molecule has 108 valence electrons. The lowest BCUT2D eigenvalue weighted by Gasteiger charge is -2.06. The summed E-state index contributed by atoms with van der Waals surface area (Å²) in [4.78, 5) is 4.18. The Labute approximate surface area is 123 Å². The number of rotatable bonds is 6. The predicted molar refractivity (Wildman–Crippen MR) is 78.4 cm³/mol. The van der Waals surface area contributed by atoms with Crippen molar-refractivity contribution in [2.75, 3.05) is 6.54 Å². The van der Waals surface area contributed by atoms with Crippen molar-refractivity contribution in [2.24, 2.45) is 0 Å². The summed E-state index contributed by atoms with van der Waals surface area (Å²) in [7, 11) is 0. The van der Waals surface area contributed by atoms with Gasteiger partial charge < -0.3 is 9.73 Å². The molecule has 1 aromatic heterocycles. The molecule has 0 aliphatic rings. The van der Waals surface area contributed by atoms with Gasteiger partial charge in [-0.3, -0.25) is 0 Å².